The van der Waals surface area contributed by atoms with E-state index in [-0.39, 0.29) is 5.41 Å². The molecule has 0 radical (unpaired) electrons. The van der Waals surface area contributed by atoms with Crippen LogP contribution in [0.15, 0.2) is 22.5 Å². The summed E-state index contributed by atoms with van der Waals surface area (Å²) in [5.74, 6) is 1.58. The Kier molecular flexibility index (Phi) is 4.73. The molecule has 1 saturated heterocycles. The van der Waals surface area contributed by atoms with E-state index in [2.05, 4.69) is 48.9 Å². The molecule has 22 heavy (non-hydrogen) atoms. The van der Waals surface area contributed by atoms with Gasteiger partial charge in [0.15, 0.2) is 5.96 Å². The molecular weight excluding hydrogens is 294 g/mol. The van der Waals surface area contributed by atoms with Gasteiger partial charge in [-0.25, -0.2) is 0 Å². The average molecular weight is 321 g/mol. The third kappa shape index (κ3) is 3.01. The minimum atomic E-state index is 0.186. The summed E-state index contributed by atoms with van der Waals surface area (Å²) >= 11 is 1.80. The van der Waals surface area contributed by atoms with Gasteiger partial charge in [-0.05, 0) is 24.8 Å². The van der Waals surface area contributed by atoms with Gasteiger partial charge in [-0.1, -0.05) is 19.9 Å². The molecule has 4 nitrogen and oxygen atoms in total. The lowest BCUT2D eigenvalue weighted by Crippen LogP contribution is -2.68. The Morgan fingerprint density at radius 2 is 2.36 bits per heavy atom. The smallest absolute Gasteiger partial charge is 0.191 e. The van der Waals surface area contributed by atoms with Crippen molar-refractivity contribution in [2.45, 2.75) is 45.8 Å². The fraction of sp³-hybridized carbons (Fsp3) is 0.706. The summed E-state index contributed by atoms with van der Waals surface area (Å²) in [6, 6.07) is 4.74. The van der Waals surface area contributed by atoms with Gasteiger partial charge >= 0.3 is 0 Å². The molecule has 0 spiro atoms. The van der Waals surface area contributed by atoms with Crippen molar-refractivity contribution >= 4 is 17.3 Å². The maximum absolute atomic E-state index is 5.87. The Labute approximate surface area is 137 Å². The van der Waals surface area contributed by atoms with E-state index in [0.29, 0.717) is 18.1 Å². The van der Waals surface area contributed by atoms with Gasteiger partial charge in [0.1, 0.15) is 0 Å². The minimum absolute atomic E-state index is 0.186. The van der Waals surface area contributed by atoms with Crippen LogP contribution >= 0.6 is 11.3 Å². The van der Waals surface area contributed by atoms with Gasteiger partial charge in [0, 0.05) is 48.4 Å². The highest BCUT2D eigenvalue weighted by atomic mass is 32.1. The SMILES string of the molecule is CCNC(=NCCc1cccs1)NC1C2CCOC2C1(C)C. The number of thiophene rings is 1. The highest BCUT2D eigenvalue weighted by Gasteiger charge is 2.59. The van der Waals surface area contributed by atoms with E-state index in [4.69, 9.17) is 9.73 Å². The molecule has 3 rings (SSSR count). The van der Waals surface area contributed by atoms with Crippen LogP contribution in [0.4, 0.5) is 0 Å². The van der Waals surface area contributed by atoms with Crippen molar-refractivity contribution in [3.63, 3.8) is 0 Å². The fourth-order valence-electron chi connectivity index (χ4n) is 3.82. The second-order valence-corrected chi connectivity index (χ2v) is 7.81. The molecule has 1 aromatic rings. The molecule has 2 heterocycles. The first-order valence-electron chi connectivity index (χ1n) is 8.31. The first-order valence-corrected chi connectivity index (χ1v) is 9.19. The molecule has 2 aliphatic rings. The Bertz CT molecular complexity index is 512. The molecule has 1 aliphatic heterocycles. The lowest BCUT2D eigenvalue weighted by atomic mass is 9.57. The maximum Gasteiger partial charge on any atom is 0.191 e. The Morgan fingerprint density at radius 1 is 1.50 bits per heavy atom. The highest BCUT2D eigenvalue weighted by molar-refractivity contribution is 7.09. The number of rotatable bonds is 5. The van der Waals surface area contributed by atoms with Gasteiger partial charge in [0.05, 0.1) is 6.10 Å². The number of ether oxygens (including phenoxy) is 1. The molecule has 3 unspecified atom stereocenters. The van der Waals surface area contributed by atoms with Crippen molar-refractivity contribution < 1.29 is 4.74 Å². The summed E-state index contributed by atoms with van der Waals surface area (Å²) in [6.07, 6.45) is 2.59. The van der Waals surface area contributed by atoms with Gasteiger partial charge < -0.3 is 15.4 Å². The second kappa shape index (κ2) is 6.59. The monoisotopic (exact) mass is 321 g/mol. The quantitative estimate of drug-likeness (QED) is 0.647. The van der Waals surface area contributed by atoms with Gasteiger partial charge in [-0.3, -0.25) is 4.99 Å². The molecule has 1 aliphatic carbocycles. The third-order valence-corrected chi connectivity index (χ3v) is 5.88. The minimum Gasteiger partial charge on any atom is -0.377 e. The molecule has 0 aromatic carbocycles. The summed E-state index contributed by atoms with van der Waals surface area (Å²) in [7, 11) is 0. The molecule has 0 bridgehead atoms. The van der Waals surface area contributed by atoms with Crippen LogP contribution in [-0.2, 0) is 11.2 Å². The molecule has 1 saturated carbocycles. The molecule has 0 amide bonds. The van der Waals surface area contributed by atoms with Crippen LogP contribution in [0.1, 0.15) is 32.1 Å². The molecule has 1 aromatic heterocycles. The molecule has 2 N–H and O–H groups in total. The first kappa shape index (κ1) is 15.8. The zero-order valence-corrected chi connectivity index (χ0v) is 14.6. The molecule has 5 heteroatoms. The number of fused-ring (bicyclic) bond motifs is 1. The van der Waals surface area contributed by atoms with Gasteiger partial charge in [0.2, 0.25) is 0 Å². The second-order valence-electron chi connectivity index (χ2n) is 6.78. The number of aliphatic imine (C=N–C) groups is 1. The number of guanidine groups is 1. The topological polar surface area (TPSA) is 45.7 Å². The van der Waals surface area contributed by atoms with E-state index >= 15 is 0 Å². The zero-order chi connectivity index (χ0) is 15.6. The standard InChI is InChI=1S/C17H27N3OS/c1-4-18-16(19-9-7-12-6-5-11-22-12)20-14-13-8-10-21-15(13)17(14,2)3/h5-6,11,13-15H,4,7-10H2,1-3H3,(H2,18,19,20). The van der Waals surface area contributed by atoms with Crippen LogP contribution in [0.5, 0.6) is 0 Å². The van der Waals surface area contributed by atoms with Crippen LogP contribution in [0.25, 0.3) is 0 Å². The lowest BCUT2D eigenvalue weighted by molar-refractivity contribution is -0.106. The Balaban J connectivity index is 1.59. The van der Waals surface area contributed by atoms with E-state index < -0.39 is 0 Å². The Hall–Kier alpha value is -1.07. The summed E-state index contributed by atoms with van der Waals surface area (Å²) in [6.45, 7) is 9.34. The van der Waals surface area contributed by atoms with Crippen molar-refractivity contribution in [1.29, 1.82) is 0 Å². The predicted molar refractivity (Wildman–Crippen MR) is 92.6 cm³/mol. The van der Waals surface area contributed by atoms with E-state index in [9.17, 15) is 0 Å². The van der Waals surface area contributed by atoms with Crippen molar-refractivity contribution in [2.24, 2.45) is 16.3 Å². The van der Waals surface area contributed by atoms with Crippen LogP contribution in [-0.4, -0.2) is 37.8 Å². The first-order chi connectivity index (χ1) is 10.6. The van der Waals surface area contributed by atoms with Crippen molar-refractivity contribution in [3.8, 4) is 0 Å². The highest BCUT2D eigenvalue weighted by Crippen LogP contribution is 2.52. The molecular formula is C17H27N3OS. The predicted octanol–water partition coefficient (Wildman–Crippen LogP) is 2.66. The lowest BCUT2D eigenvalue weighted by Gasteiger charge is -2.54. The Morgan fingerprint density at radius 3 is 3.09 bits per heavy atom. The van der Waals surface area contributed by atoms with E-state index in [1.54, 1.807) is 11.3 Å². The number of nitrogens with one attached hydrogen (secondary N) is 2. The van der Waals surface area contributed by atoms with E-state index in [1.807, 2.05) is 0 Å². The van der Waals surface area contributed by atoms with Gasteiger partial charge in [0.25, 0.3) is 0 Å². The number of hydrogen-bond acceptors (Lipinski definition) is 3. The van der Waals surface area contributed by atoms with Gasteiger partial charge in [-0.2, -0.15) is 0 Å². The molecule has 2 fully saturated rings. The summed E-state index contributed by atoms with van der Waals surface area (Å²) in [4.78, 5) is 6.15. The molecule has 3 atom stereocenters. The normalized spacial score (nSPS) is 29.8. The zero-order valence-electron chi connectivity index (χ0n) is 13.8. The van der Waals surface area contributed by atoms with Crippen molar-refractivity contribution in [3.05, 3.63) is 22.4 Å². The number of nitrogens with zero attached hydrogens (tertiary/aromatic N) is 1. The summed E-state index contributed by atoms with van der Waals surface area (Å²) < 4.78 is 5.87. The summed E-state index contributed by atoms with van der Waals surface area (Å²) in [5, 5.41) is 9.16. The van der Waals surface area contributed by atoms with Crippen LogP contribution in [0.3, 0.4) is 0 Å². The van der Waals surface area contributed by atoms with Gasteiger partial charge in [-0.15, -0.1) is 11.3 Å². The largest absolute Gasteiger partial charge is 0.377 e. The maximum atomic E-state index is 5.87. The molecule has 122 valence electrons. The third-order valence-electron chi connectivity index (χ3n) is 4.95. The fourth-order valence-corrected chi connectivity index (χ4v) is 4.52. The van der Waals surface area contributed by atoms with E-state index in [1.165, 1.54) is 11.3 Å². The van der Waals surface area contributed by atoms with Crippen molar-refractivity contribution in [2.75, 3.05) is 19.7 Å². The van der Waals surface area contributed by atoms with E-state index in [0.717, 1.165) is 32.1 Å². The number of hydrogen-bond donors (Lipinski definition) is 2. The summed E-state index contributed by atoms with van der Waals surface area (Å²) in [5.41, 5.74) is 0.186. The van der Waals surface area contributed by atoms with Crippen molar-refractivity contribution in [1.82, 2.24) is 10.6 Å². The van der Waals surface area contributed by atoms with Crippen LogP contribution < -0.4 is 10.6 Å². The van der Waals surface area contributed by atoms with Crippen LogP contribution in [0, 0.1) is 11.3 Å². The average Bonchev–Trinajstić information content (AvgIpc) is 3.14. The van der Waals surface area contributed by atoms with Crippen LogP contribution in [0.2, 0.25) is 0 Å².